The normalized spacial score (nSPS) is 12.7. The zero-order valence-electron chi connectivity index (χ0n) is 16.6. The minimum absolute atomic E-state index is 0.241. The highest BCUT2D eigenvalue weighted by Crippen LogP contribution is 2.26. The van der Waals surface area contributed by atoms with Crippen LogP contribution in [0.3, 0.4) is 0 Å². The molecule has 0 atom stereocenters. The van der Waals surface area contributed by atoms with Crippen molar-refractivity contribution in [2.24, 2.45) is 0 Å². The van der Waals surface area contributed by atoms with E-state index >= 15 is 0 Å². The highest BCUT2D eigenvalue weighted by atomic mass is 19.1. The van der Waals surface area contributed by atoms with Crippen molar-refractivity contribution in [3.8, 4) is 0 Å². The van der Waals surface area contributed by atoms with Crippen molar-refractivity contribution in [1.29, 1.82) is 0 Å². The highest BCUT2D eigenvalue weighted by Gasteiger charge is 2.26. The van der Waals surface area contributed by atoms with Gasteiger partial charge in [-0.25, -0.2) is 9.07 Å². The van der Waals surface area contributed by atoms with Crippen LogP contribution in [-0.4, -0.2) is 26.8 Å². The Morgan fingerprint density at radius 1 is 1.07 bits per heavy atom. The first-order chi connectivity index (χ1) is 14.3. The Bertz CT molecular complexity index is 1250. The molecule has 0 aliphatic carbocycles. The molecule has 1 amide bonds. The van der Waals surface area contributed by atoms with E-state index in [1.54, 1.807) is 23.1 Å². The molecule has 30 heavy (non-hydrogen) atoms. The van der Waals surface area contributed by atoms with Gasteiger partial charge in [-0.2, -0.15) is 0 Å². The lowest BCUT2D eigenvalue weighted by Gasteiger charge is -2.18. The topological polar surface area (TPSA) is 89.2 Å². The number of anilines is 3. The van der Waals surface area contributed by atoms with Gasteiger partial charge in [-0.3, -0.25) is 19.0 Å². The van der Waals surface area contributed by atoms with Crippen LogP contribution in [0.4, 0.5) is 21.7 Å². The van der Waals surface area contributed by atoms with Gasteiger partial charge in [0.25, 0.3) is 0 Å². The predicted molar refractivity (Wildman–Crippen MR) is 111 cm³/mol. The number of fused-ring (bicyclic) bond motifs is 1. The molecule has 1 N–H and O–H groups in total. The first-order valence-corrected chi connectivity index (χ1v) is 9.46. The molecule has 0 saturated heterocycles. The lowest BCUT2D eigenvalue weighted by Crippen LogP contribution is -2.44. The molecular formula is C21H20FN5O3. The smallest absolute Gasteiger partial charge is 0.324 e. The second kappa shape index (κ2) is 7.58. The number of halogens is 1. The van der Waals surface area contributed by atoms with Crippen LogP contribution < -0.4 is 21.3 Å². The molecule has 3 aromatic rings. The van der Waals surface area contributed by atoms with E-state index in [9.17, 15) is 18.8 Å². The van der Waals surface area contributed by atoms with Crippen molar-refractivity contribution in [3.05, 3.63) is 80.1 Å². The fourth-order valence-electron chi connectivity index (χ4n) is 3.41. The predicted octanol–water partition coefficient (Wildman–Crippen LogP) is 1.95. The van der Waals surface area contributed by atoms with Gasteiger partial charge in [-0.1, -0.05) is 12.1 Å². The average molecular weight is 409 g/mol. The first kappa shape index (κ1) is 19.6. The molecule has 0 fully saturated rings. The average Bonchev–Trinajstić information content (AvgIpc) is 3.14. The number of amides is 1. The monoisotopic (exact) mass is 409 g/mol. The number of nitrogens with zero attached hydrogens (tertiary/aromatic N) is 4. The molecule has 2 heterocycles. The summed E-state index contributed by atoms with van der Waals surface area (Å²) in [4.78, 5) is 39.2. The molecule has 0 saturated carbocycles. The second-order valence-corrected chi connectivity index (χ2v) is 7.14. The summed E-state index contributed by atoms with van der Waals surface area (Å²) < 4.78 is 15.4. The molecular weight excluding hydrogens is 389 g/mol. The van der Waals surface area contributed by atoms with Crippen molar-refractivity contribution < 1.29 is 9.18 Å². The molecule has 0 unspecified atom stereocenters. The standard InChI is InChI=1S/C21H20FN5O3/c1-13-4-3-5-17(14(13)2)23-18(28)12-27-20(30)19(29)26-11-10-25(21(26)24-27)16-8-6-15(22)7-9-16/h3-9H,10-12H2,1-2H3,(H,23,28). The third-order valence-corrected chi connectivity index (χ3v) is 5.21. The molecule has 0 bridgehead atoms. The van der Waals surface area contributed by atoms with E-state index in [0.717, 1.165) is 15.8 Å². The van der Waals surface area contributed by atoms with Crippen LogP contribution in [0.25, 0.3) is 0 Å². The van der Waals surface area contributed by atoms with Gasteiger partial charge in [0.05, 0.1) is 0 Å². The fourth-order valence-corrected chi connectivity index (χ4v) is 3.41. The molecule has 0 spiro atoms. The Kier molecular flexibility index (Phi) is 4.94. The van der Waals surface area contributed by atoms with E-state index in [0.29, 0.717) is 17.9 Å². The number of benzene rings is 2. The van der Waals surface area contributed by atoms with Crippen LogP contribution in [0.5, 0.6) is 0 Å². The minimum atomic E-state index is -0.865. The lowest BCUT2D eigenvalue weighted by atomic mass is 10.1. The zero-order chi connectivity index (χ0) is 21.4. The fraction of sp³-hybridized carbons (Fsp3) is 0.238. The SMILES string of the molecule is Cc1cccc(NC(=O)Cn2nc3n(c(=O)c2=O)CCN3c2ccc(F)cc2)c1C. The summed E-state index contributed by atoms with van der Waals surface area (Å²) in [6.07, 6.45) is 0. The first-order valence-electron chi connectivity index (χ1n) is 9.46. The van der Waals surface area contributed by atoms with Gasteiger partial charge < -0.3 is 10.2 Å². The Labute approximate surface area is 171 Å². The van der Waals surface area contributed by atoms with E-state index < -0.39 is 23.6 Å². The van der Waals surface area contributed by atoms with Gasteiger partial charge in [-0.05, 0) is 55.3 Å². The van der Waals surface area contributed by atoms with Crippen LogP contribution in [0, 0.1) is 19.7 Å². The second-order valence-electron chi connectivity index (χ2n) is 7.14. The lowest BCUT2D eigenvalue weighted by molar-refractivity contribution is -0.117. The van der Waals surface area contributed by atoms with Crippen LogP contribution >= 0.6 is 0 Å². The largest absolute Gasteiger partial charge is 0.333 e. The number of aryl methyl sites for hydroxylation is 1. The van der Waals surface area contributed by atoms with E-state index in [1.807, 2.05) is 26.0 Å². The van der Waals surface area contributed by atoms with Gasteiger partial charge in [0.1, 0.15) is 12.4 Å². The summed E-state index contributed by atoms with van der Waals surface area (Å²) in [6.45, 7) is 4.11. The number of nitrogens with one attached hydrogen (secondary N) is 1. The zero-order valence-corrected chi connectivity index (χ0v) is 16.6. The van der Waals surface area contributed by atoms with Crippen molar-refractivity contribution in [2.75, 3.05) is 16.8 Å². The number of carbonyl (C=O) groups is 1. The summed E-state index contributed by atoms with van der Waals surface area (Å²) in [5, 5.41) is 7.01. The van der Waals surface area contributed by atoms with Gasteiger partial charge in [0, 0.05) is 24.5 Å². The van der Waals surface area contributed by atoms with E-state index in [2.05, 4.69) is 10.4 Å². The summed E-state index contributed by atoms with van der Waals surface area (Å²) >= 11 is 0. The summed E-state index contributed by atoms with van der Waals surface area (Å²) in [7, 11) is 0. The quantitative estimate of drug-likeness (QED) is 0.666. The Hall–Kier alpha value is -3.75. The minimum Gasteiger partial charge on any atom is -0.324 e. The van der Waals surface area contributed by atoms with Gasteiger partial charge in [0.2, 0.25) is 11.9 Å². The Morgan fingerprint density at radius 2 is 1.80 bits per heavy atom. The van der Waals surface area contributed by atoms with Crippen LogP contribution in [0.1, 0.15) is 11.1 Å². The van der Waals surface area contributed by atoms with Crippen molar-refractivity contribution in [3.63, 3.8) is 0 Å². The highest BCUT2D eigenvalue weighted by molar-refractivity contribution is 5.91. The number of carbonyl (C=O) groups excluding carboxylic acids is 1. The summed E-state index contributed by atoms with van der Waals surface area (Å²) in [5.41, 5.74) is 1.61. The molecule has 1 aliphatic heterocycles. The Balaban J connectivity index is 1.64. The van der Waals surface area contributed by atoms with Crippen molar-refractivity contribution in [2.45, 2.75) is 26.9 Å². The van der Waals surface area contributed by atoms with Crippen molar-refractivity contribution in [1.82, 2.24) is 14.3 Å². The maximum absolute atomic E-state index is 13.2. The molecule has 2 aromatic carbocycles. The van der Waals surface area contributed by atoms with E-state index in [1.165, 1.54) is 16.7 Å². The molecule has 1 aromatic heterocycles. The molecule has 154 valence electrons. The van der Waals surface area contributed by atoms with Gasteiger partial charge >= 0.3 is 11.1 Å². The number of hydrogen-bond donors (Lipinski definition) is 1. The maximum Gasteiger partial charge on any atom is 0.333 e. The van der Waals surface area contributed by atoms with E-state index in [-0.39, 0.29) is 18.3 Å². The van der Waals surface area contributed by atoms with E-state index in [4.69, 9.17) is 0 Å². The molecule has 1 aliphatic rings. The van der Waals surface area contributed by atoms with Gasteiger partial charge in [-0.15, -0.1) is 5.10 Å². The summed E-state index contributed by atoms with van der Waals surface area (Å²) in [5.74, 6) is -0.601. The summed E-state index contributed by atoms with van der Waals surface area (Å²) in [6, 6.07) is 11.3. The maximum atomic E-state index is 13.2. The van der Waals surface area contributed by atoms with Crippen LogP contribution in [0.2, 0.25) is 0 Å². The molecule has 0 radical (unpaired) electrons. The van der Waals surface area contributed by atoms with Crippen molar-refractivity contribution >= 4 is 23.2 Å². The molecule has 4 rings (SSSR count). The number of aromatic nitrogens is 3. The third-order valence-electron chi connectivity index (χ3n) is 5.21. The van der Waals surface area contributed by atoms with Gasteiger partial charge in [0.15, 0.2) is 0 Å². The molecule has 8 nitrogen and oxygen atoms in total. The van der Waals surface area contributed by atoms with Crippen LogP contribution in [-0.2, 0) is 17.9 Å². The van der Waals surface area contributed by atoms with Crippen LogP contribution in [0.15, 0.2) is 52.1 Å². The number of rotatable bonds is 4. The third kappa shape index (κ3) is 3.49. The molecule has 9 heteroatoms. The Morgan fingerprint density at radius 3 is 2.53 bits per heavy atom. The number of hydrogen-bond acceptors (Lipinski definition) is 5.